The van der Waals surface area contributed by atoms with E-state index in [4.69, 9.17) is 23.7 Å². The van der Waals surface area contributed by atoms with E-state index in [1.807, 2.05) is 6.07 Å². The number of amides is 2. The second kappa shape index (κ2) is 17.3. The number of methoxy groups -OCH3 is 2. The van der Waals surface area contributed by atoms with E-state index in [2.05, 4.69) is 27.7 Å². The largest absolute Gasteiger partial charge is 0.493 e. The molecule has 15 nitrogen and oxygen atoms in total. The van der Waals surface area contributed by atoms with E-state index in [1.54, 1.807) is 56.3 Å². The molecule has 1 heterocycles. The predicted molar refractivity (Wildman–Crippen MR) is 183 cm³/mol. The van der Waals surface area contributed by atoms with E-state index in [-0.39, 0.29) is 24.5 Å². The lowest BCUT2D eigenvalue weighted by molar-refractivity contribution is -0.384. The van der Waals surface area contributed by atoms with Crippen molar-refractivity contribution in [3.63, 3.8) is 0 Å². The predicted octanol–water partition coefficient (Wildman–Crippen LogP) is 4.43. The molecule has 0 saturated carbocycles. The van der Waals surface area contributed by atoms with Gasteiger partial charge in [-0.1, -0.05) is 12.1 Å². The van der Waals surface area contributed by atoms with E-state index in [1.165, 1.54) is 32.6 Å². The minimum Gasteiger partial charge on any atom is -0.493 e. The second-order valence-electron chi connectivity index (χ2n) is 10.8. The molecule has 15 heteroatoms. The van der Waals surface area contributed by atoms with Gasteiger partial charge >= 0.3 is 12.0 Å². The number of hydrogen-bond donors (Lipinski definition) is 4. The molecule has 1 aliphatic heterocycles. The van der Waals surface area contributed by atoms with E-state index < -0.39 is 29.2 Å². The van der Waals surface area contributed by atoms with Crippen LogP contribution in [0.5, 0.6) is 23.0 Å². The summed E-state index contributed by atoms with van der Waals surface area (Å²) in [7, 11) is 2.77. The van der Waals surface area contributed by atoms with Gasteiger partial charge in [-0.25, -0.2) is 9.59 Å². The number of nitrogens with one attached hydrogen (secondary N) is 3. The Labute approximate surface area is 288 Å². The van der Waals surface area contributed by atoms with Gasteiger partial charge in [0, 0.05) is 23.4 Å². The van der Waals surface area contributed by atoms with Crippen molar-refractivity contribution >= 4 is 23.9 Å². The van der Waals surface area contributed by atoms with Crippen molar-refractivity contribution in [2.45, 2.75) is 39.1 Å². The molecule has 50 heavy (non-hydrogen) atoms. The van der Waals surface area contributed by atoms with E-state index >= 15 is 0 Å². The fourth-order valence-electron chi connectivity index (χ4n) is 5.07. The van der Waals surface area contributed by atoms with Crippen LogP contribution in [0.3, 0.4) is 0 Å². The number of rotatable bonds is 17. The second-order valence-corrected chi connectivity index (χ2v) is 10.8. The van der Waals surface area contributed by atoms with Gasteiger partial charge in [-0.3, -0.25) is 15.5 Å². The van der Waals surface area contributed by atoms with Crippen LogP contribution in [-0.2, 0) is 22.6 Å². The van der Waals surface area contributed by atoms with Gasteiger partial charge in [-0.15, -0.1) is 6.58 Å². The van der Waals surface area contributed by atoms with Crippen molar-refractivity contribution in [1.29, 1.82) is 0 Å². The van der Waals surface area contributed by atoms with Crippen molar-refractivity contribution < 1.29 is 43.3 Å². The first-order valence-electron chi connectivity index (χ1n) is 15.5. The smallest absolute Gasteiger partial charge is 0.337 e. The molecular formula is C35H39N5O10. The quantitative estimate of drug-likeness (QED) is 0.0391. The zero-order chi connectivity index (χ0) is 36.2. The molecule has 0 saturated heterocycles. The third-order valence-electron chi connectivity index (χ3n) is 7.38. The Morgan fingerprint density at radius 1 is 1.10 bits per heavy atom. The van der Waals surface area contributed by atoms with Crippen LogP contribution in [-0.4, -0.2) is 61.9 Å². The number of allylic oxidation sites excluding steroid dienone is 2. The molecule has 0 unspecified atom stereocenters. The third-order valence-corrected chi connectivity index (χ3v) is 7.38. The van der Waals surface area contributed by atoms with Gasteiger partial charge in [0.15, 0.2) is 29.2 Å². The molecule has 2 atom stereocenters. The minimum absolute atomic E-state index is 0.00779. The summed E-state index contributed by atoms with van der Waals surface area (Å²) in [5.74, 6) is 1.01. The summed E-state index contributed by atoms with van der Waals surface area (Å²) in [5.41, 5.74) is 5.96. The van der Waals surface area contributed by atoms with Gasteiger partial charge in [0.1, 0.15) is 13.2 Å². The number of nitro benzene ring substituents is 1. The third kappa shape index (κ3) is 9.29. The van der Waals surface area contributed by atoms with Crippen LogP contribution < -0.4 is 35.0 Å². The summed E-state index contributed by atoms with van der Waals surface area (Å²) in [6.45, 7) is 7.50. The Hall–Kier alpha value is -6.09. The SMILES string of the molecule is C=CCc1cc(/C=N\N[C@@H](O)COc2ccc([C@@H]3NC(=O)NC(C)=C3C(=O)OC)cc2OCC)cc(OC)c1OCc1ccc([N+](=O)[O-])cc1. The standard InChI is InChI=1S/C35H39N5O10/c1-6-8-25-15-23(16-29(46-4)33(25)50-19-22-9-12-26(13-10-22)40(44)45)18-36-39-30(41)20-49-27-14-11-24(17-28(27)48-7-2)32-31(34(42)47-5)21(3)37-35(43)38-32/h6,9-18,30,32,39,41H,1,7-8,19-20H2,2-5H3,(H2,37,38,43)/b36-18-/t30-,32-/m0/s1. The maximum Gasteiger partial charge on any atom is 0.337 e. The van der Waals surface area contributed by atoms with Crippen LogP contribution in [0.2, 0.25) is 0 Å². The molecule has 0 aliphatic carbocycles. The molecule has 3 aromatic rings. The maximum atomic E-state index is 12.5. The highest BCUT2D eigenvalue weighted by Crippen LogP contribution is 2.36. The summed E-state index contributed by atoms with van der Waals surface area (Å²) in [6.07, 6.45) is 2.47. The zero-order valence-corrected chi connectivity index (χ0v) is 28.1. The number of esters is 1. The highest BCUT2D eigenvalue weighted by molar-refractivity contribution is 5.95. The number of hydrogen-bond acceptors (Lipinski definition) is 12. The van der Waals surface area contributed by atoms with Crippen molar-refractivity contribution in [2.75, 3.05) is 27.4 Å². The van der Waals surface area contributed by atoms with Crippen LogP contribution in [0.15, 0.2) is 83.6 Å². The Morgan fingerprint density at radius 3 is 2.52 bits per heavy atom. The molecule has 0 fully saturated rings. The molecular weight excluding hydrogens is 650 g/mol. The summed E-state index contributed by atoms with van der Waals surface area (Å²) >= 11 is 0. The molecule has 264 valence electrons. The van der Waals surface area contributed by atoms with Crippen molar-refractivity contribution in [2.24, 2.45) is 5.10 Å². The number of urea groups is 1. The topological polar surface area (TPSA) is 192 Å². The van der Waals surface area contributed by atoms with Crippen LogP contribution in [0, 0.1) is 10.1 Å². The minimum atomic E-state index is -1.21. The molecule has 2 amide bonds. The van der Waals surface area contributed by atoms with Gasteiger partial charge in [-0.2, -0.15) is 5.10 Å². The van der Waals surface area contributed by atoms with Gasteiger partial charge in [0.2, 0.25) is 0 Å². The van der Waals surface area contributed by atoms with Crippen LogP contribution in [0.25, 0.3) is 0 Å². The number of hydrazone groups is 1. The lowest BCUT2D eigenvalue weighted by Crippen LogP contribution is -2.45. The molecule has 4 rings (SSSR count). The monoisotopic (exact) mass is 689 g/mol. The normalized spacial score (nSPS) is 14.7. The summed E-state index contributed by atoms with van der Waals surface area (Å²) in [4.78, 5) is 35.2. The first-order chi connectivity index (χ1) is 24.1. The fourth-order valence-corrected chi connectivity index (χ4v) is 5.07. The van der Waals surface area contributed by atoms with E-state index in [9.17, 15) is 24.8 Å². The van der Waals surface area contributed by atoms with Crippen LogP contribution in [0.4, 0.5) is 10.5 Å². The van der Waals surface area contributed by atoms with E-state index in [0.717, 1.165) is 11.1 Å². The first-order valence-corrected chi connectivity index (χ1v) is 15.5. The number of ether oxygens (including phenoxy) is 5. The number of non-ortho nitro benzene ring substituents is 1. The number of nitro groups is 1. The Morgan fingerprint density at radius 2 is 1.86 bits per heavy atom. The number of benzene rings is 3. The number of carbonyl (C=O) groups excluding carboxylic acids is 2. The summed E-state index contributed by atoms with van der Waals surface area (Å²) in [6, 6.07) is 13.3. The average molecular weight is 690 g/mol. The average Bonchev–Trinajstić information content (AvgIpc) is 3.10. The van der Waals surface area contributed by atoms with Gasteiger partial charge in [0.25, 0.3) is 5.69 Å². The lowest BCUT2D eigenvalue weighted by Gasteiger charge is -2.28. The van der Waals surface area contributed by atoms with Crippen molar-refractivity contribution in [3.8, 4) is 23.0 Å². The first kappa shape index (κ1) is 36.7. The van der Waals surface area contributed by atoms with Crippen LogP contribution >= 0.6 is 0 Å². The molecule has 0 bridgehead atoms. The Balaban J connectivity index is 1.42. The summed E-state index contributed by atoms with van der Waals surface area (Å²) in [5, 5.41) is 31.0. The van der Waals surface area contributed by atoms with E-state index in [0.29, 0.717) is 52.8 Å². The highest BCUT2D eigenvalue weighted by Gasteiger charge is 2.32. The zero-order valence-electron chi connectivity index (χ0n) is 28.1. The molecule has 0 spiro atoms. The molecule has 4 N–H and O–H groups in total. The van der Waals surface area contributed by atoms with Gasteiger partial charge in [0.05, 0.1) is 43.6 Å². The maximum absolute atomic E-state index is 12.5. The Kier molecular flexibility index (Phi) is 12.7. The Bertz CT molecular complexity index is 1770. The molecule has 0 aromatic heterocycles. The molecule has 0 radical (unpaired) electrons. The highest BCUT2D eigenvalue weighted by atomic mass is 16.6. The van der Waals surface area contributed by atoms with Gasteiger partial charge < -0.3 is 39.4 Å². The number of carbonyl (C=O) groups is 2. The number of aliphatic hydroxyl groups excluding tert-OH is 1. The fraction of sp³-hybridized carbons (Fsp3) is 0.286. The van der Waals surface area contributed by atoms with Crippen molar-refractivity contribution in [3.05, 3.63) is 111 Å². The van der Waals surface area contributed by atoms with Gasteiger partial charge in [-0.05, 0) is 73.4 Å². The van der Waals surface area contributed by atoms with Crippen molar-refractivity contribution in [1.82, 2.24) is 16.1 Å². The summed E-state index contributed by atoms with van der Waals surface area (Å²) < 4.78 is 28.1. The number of nitrogens with zero attached hydrogens (tertiary/aromatic N) is 2. The molecule has 3 aromatic carbocycles. The molecule has 1 aliphatic rings. The lowest BCUT2D eigenvalue weighted by atomic mass is 9.95. The van der Waals surface area contributed by atoms with Crippen LogP contribution in [0.1, 0.15) is 42.1 Å². The number of aliphatic hydroxyl groups is 1.